The summed E-state index contributed by atoms with van der Waals surface area (Å²) in [6.45, 7) is 0. The molecule has 0 amide bonds. The van der Waals surface area contributed by atoms with Crippen molar-refractivity contribution in [2.45, 2.75) is 0 Å². The number of hydrogen-bond acceptors (Lipinski definition) is 2. The van der Waals surface area contributed by atoms with E-state index >= 15 is 0 Å². The molecule has 52 valence electrons. The molecule has 0 aromatic carbocycles. The van der Waals surface area contributed by atoms with Crippen molar-refractivity contribution in [1.29, 1.82) is 0 Å². The van der Waals surface area contributed by atoms with Gasteiger partial charge in [0.05, 0.1) is 0 Å². The van der Waals surface area contributed by atoms with Gasteiger partial charge >= 0.3 is 0 Å². The van der Waals surface area contributed by atoms with E-state index in [-0.39, 0.29) is 0 Å². The fourth-order valence-corrected chi connectivity index (χ4v) is 0.313. The van der Waals surface area contributed by atoms with Gasteiger partial charge in [-0.25, -0.2) is 0 Å². The maximum absolute atomic E-state index is 7.33. The number of pyridine rings is 1. The first-order valence-electron chi connectivity index (χ1n) is 2.70. The second-order valence-corrected chi connectivity index (χ2v) is 1.31. The molecule has 1 aromatic heterocycles. The summed E-state index contributed by atoms with van der Waals surface area (Å²) in [6, 6.07) is 5.72. The average Bonchev–Trinajstić information content (AvgIpc) is 2.08. The molecule has 10 heavy (non-hydrogen) atoms. The van der Waals surface area contributed by atoms with Crippen molar-refractivity contribution in [3.8, 4) is 0 Å². The van der Waals surface area contributed by atoms with E-state index in [0.29, 0.717) is 0 Å². The Bertz CT molecular complexity index is 163. The molecule has 0 spiro atoms. The molecule has 0 aliphatic rings. The molecule has 0 saturated heterocycles. The fraction of sp³-hybridized carbons (Fsp3) is 0.167. The molecule has 0 radical (unpaired) electrons. The number of aromatic nitrogens is 1. The first kappa shape index (κ1) is 8.46. The van der Waals surface area contributed by atoms with Crippen molar-refractivity contribution in [3.05, 3.63) is 41.0 Å². The normalized spacial score (nSPS) is 6.50. The lowest BCUT2D eigenvalue weighted by Crippen LogP contribution is -1.58. The summed E-state index contributed by atoms with van der Waals surface area (Å²) < 4.78 is 0. The van der Waals surface area contributed by atoms with Crippen molar-refractivity contribution in [3.63, 3.8) is 0 Å². The molecule has 0 aliphatic carbocycles. The molecule has 4 heteroatoms. The zero-order valence-corrected chi connectivity index (χ0v) is 5.68. The highest BCUT2D eigenvalue weighted by Crippen LogP contribution is 1.73. The molecule has 1 rings (SSSR count). The minimum Gasteiger partial charge on any atom is -0.265 e. The van der Waals surface area contributed by atoms with Gasteiger partial charge in [0.25, 0.3) is 0 Å². The van der Waals surface area contributed by atoms with Gasteiger partial charge in [-0.2, -0.15) is 0 Å². The van der Waals surface area contributed by atoms with Gasteiger partial charge in [0.15, 0.2) is 0 Å². The third kappa shape index (κ3) is 6.46. The Morgan fingerprint density at radius 1 is 1.30 bits per heavy atom. The van der Waals surface area contributed by atoms with E-state index in [1.807, 2.05) is 18.2 Å². The second kappa shape index (κ2) is 7.46. The minimum absolute atomic E-state index is 1.39. The predicted molar refractivity (Wildman–Crippen MR) is 39.3 cm³/mol. The summed E-state index contributed by atoms with van der Waals surface area (Å²) in [4.78, 5) is 6.15. The smallest absolute Gasteiger partial charge is 0.0267 e. The van der Waals surface area contributed by atoms with Crippen molar-refractivity contribution in [2.24, 2.45) is 5.11 Å². The lowest BCUT2D eigenvalue weighted by Gasteiger charge is -1.70. The Labute approximate surface area is 59.2 Å². The molecule has 0 N–H and O–H groups in total. The van der Waals surface area contributed by atoms with E-state index in [4.69, 9.17) is 5.53 Å². The second-order valence-electron chi connectivity index (χ2n) is 1.31. The highest BCUT2D eigenvalue weighted by molar-refractivity contribution is 4.88. The Morgan fingerprint density at radius 2 is 1.80 bits per heavy atom. The average molecular weight is 136 g/mol. The number of hydrogen-bond donors (Lipinski definition) is 0. The van der Waals surface area contributed by atoms with Crippen LogP contribution in [-0.4, -0.2) is 12.0 Å². The molecule has 0 saturated carbocycles. The van der Waals surface area contributed by atoms with Gasteiger partial charge in [-0.15, -0.1) is 0 Å². The van der Waals surface area contributed by atoms with E-state index in [2.05, 4.69) is 15.0 Å². The molecular formula is C6H8N4. The third-order valence-corrected chi connectivity index (χ3v) is 0.656. The van der Waals surface area contributed by atoms with Gasteiger partial charge in [0, 0.05) is 24.4 Å². The summed E-state index contributed by atoms with van der Waals surface area (Å²) in [5.41, 5.74) is 7.33. The van der Waals surface area contributed by atoms with E-state index in [1.165, 1.54) is 7.05 Å². The fourth-order valence-electron chi connectivity index (χ4n) is 0.313. The van der Waals surface area contributed by atoms with Crippen LogP contribution in [-0.2, 0) is 0 Å². The zero-order valence-electron chi connectivity index (χ0n) is 5.68. The van der Waals surface area contributed by atoms with Crippen LogP contribution in [0.1, 0.15) is 0 Å². The number of azide groups is 1. The Hall–Kier alpha value is -1.54. The molecule has 0 fully saturated rings. The molecule has 4 nitrogen and oxygen atoms in total. The largest absolute Gasteiger partial charge is 0.265 e. The first-order chi connectivity index (χ1) is 4.91. The van der Waals surface area contributed by atoms with E-state index < -0.39 is 0 Å². The van der Waals surface area contributed by atoms with Crippen LogP contribution >= 0.6 is 0 Å². The van der Waals surface area contributed by atoms with Gasteiger partial charge < -0.3 is 0 Å². The maximum atomic E-state index is 7.33. The molecular weight excluding hydrogens is 128 g/mol. The van der Waals surface area contributed by atoms with Crippen molar-refractivity contribution in [1.82, 2.24) is 4.98 Å². The molecule has 1 aromatic rings. The summed E-state index contributed by atoms with van der Waals surface area (Å²) in [6.07, 6.45) is 3.50. The summed E-state index contributed by atoms with van der Waals surface area (Å²) in [5.74, 6) is 0. The zero-order chi connectivity index (χ0) is 7.66. The summed E-state index contributed by atoms with van der Waals surface area (Å²) >= 11 is 0. The van der Waals surface area contributed by atoms with Crippen molar-refractivity contribution >= 4 is 0 Å². The monoisotopic (exact) mass is 136 g/mol. The van der Waals surface area contributed by atoms with E-state index in [1.54, 1.807) is 12.4 Å². The SMILES string of the molecule is CN=[N+]=[N-].c1ccncc1. The topological polar surface area (TPSA) is 61.7 Å². The third-order valence-electron chi connectivity index (χ3n) is 0.656. The maximum Gasteiger partial charge on any atom is 0.0267 e. The Morgan fingerprint density at radius 3 is 1.90 bits per heavy atom. The van der Waals surface area contributed by atoms with Crippen LogP contribution in [0.2, 0.25) is 0 Å². The van der Waals surface area contributed by atoms with Crippen LogP contribution in [0.15, 0.2) is 35.7 Å². The van der Waals surface area contributed by atoms with Crippen LogP contribution in [0.25, 0.3) is 10.4 Å². The van der Waals surface area contributed by atoms with Crippen molar-refractivity contribution < 1.29 is 0 Å². The van der Waals surface area contributed by atoms with Gasteiger partial charge in [0.1, 0.15) is 0 Å². The van der Waals surface area contributed by atoms with E-state index in [0.717, 1.165) is 0 Å². The summed E-state index contributed by atoms with van der Waals surface area (Å²) in [5, 5.41) is 2.92. The van der Waals surface area contributed by atoms with Crippen LogP contribution in [0, 0.1) is 0 Å². The van der Waals surface area contributed by atoms with E-state index in [9.17, 15) is 0 Å². The summed E-state index contributed by atoms with van der Waals surface area (Å²) in [7, 11) is 1.39. The van der Waals surface area contributed by atoms with Gasteiger partial charge in [0.2, 0.25) is 0 Å². The minimum atomic E-state index is 1.39. The first-order valence-corrected chi connectivity index (χ1v) is 2.70. The molecule has 0 aliphatic heterocycles. The Balaban J connectivity index is 0.000000180. The standard InChI is InChI=1S/C5H5N.CH3N3/c1-2-4-6-5-3-1;1-3-4-2/h1-5H;1H3. The molecule has 0 bridgehead atoms. The van der Waals surface area contributed by atoms with Gasteiger partial charge in [-0.1, -0.05) is 11.2 Å². The van der Waals surface area contributed by atoms with Crippen LogP contribution in [0.3, 0.4) is 0 Å². The lowest BCUT2D eigenvalue weighted by atomic mass is 10.5. The molecule has 1 heterocycles. The van der Waals surface area contributed by atoms with Crippen molar-refractivity contribution in [2.75, 3.05) is 7.05 Å². The quantitative estimate of drug-likeness (QED) is 0.305. The van der Waals surface area contributed by atoms with Crippen LogP contribution in [0.5, 0.6) is 0 Å². The number of nitrogens with zero attached hydrogens (tertiary/aromatic N) is 4. The highest BCUT2D eigenvalue weighted by atomic mass is 15.1. The highest BCUT2D eigenvalue weighted by Gasteiger charge is 1.58. The van der Waals surface area contributed by atoms with Crippen LogP contribution < -0.4 is 0 Å². The van der Waals surface area contributed by atoms with Gasteiger partial charge in [-0.05, 0) is 17.7 Å². The molecule has 0 unspecified atom stereocenters. The van der Waals surface area contributed by atoms with Crippen LogP contribution in [0.4, 0.5) is 0 Å². The van der Waals surface area contributed by atoms with Gasteiger partial charge in [-0.3, -0.25) is 4.98 Å². The predicted octanol–water partition coefficient (Wildman–Crippen LogP) is 2.01. The number of rotatable bonds is 0. The molecule has 0 atom stereocenters. The lowest BCUT2D eigenvalue weighted by molar-refractivity contribution is 1.33. The Kier molecular flexibility index (Phi) is 6.31.